The largest absolute Gasteiger partial charge is 0.478 e. The van der Waals surface area contributed by atoms with E-state index in [-0.39, 0.29) is 15.5 Å². The molecule has 21 heavy (non-hydrogen) atoms. The Morgan fingerprint density at radius 2 is 2.10 bits per heavy atom. The molecule has 1 aliphatic rings. The molecule has 0 aromatic carbocycles. The van der Waals surface area contributed by atoms with Crippen LogP contribution < -0.4 is 4.72 Å². The summed E-state index contributed by atoms with van der Waals surface area (Å²) in [4.78, 5) is 15.2. The third kappa shape index (κ3) is 2.56. The monoisotopic (exact) mass is 326 g/mol. The normalized spacial score (nSPS) is 14.7. The highest BCUT2D eigenvalue weighted by atomic mass is 32.2. The van der Waals surface area contributed by atoms with Gasteiger partial charge in [0.15, 0.2) is 0 Å². The molecule has 112 valence electrons. The van der Waals surface area contributed by atoms with Gasteiger partial charge in [0.05, 0.1) is 5.56 Å². The zero-order valence-corrected chi connectivity index (χ0v) is 12.7. The van der Waals surface area contributed by atoms with Crippen molar-refractivity contribution in [2.24, 2.45) is 0 Å². The first-order valence-corrected chi connectivity index (χ1v) is 8.82. The number of carboxylic acid groups (broad SMARTS) is 1. The first kappa shape index (κ1) is 14.2. The van der Waals surface area contributed by atoms with Crippen LogP contribution in [0.15, 0.2) is 23.4 Å². The number of H-pyrrole nitrogens is 1. The number of anilines is 1. The van der Waals surface area contributed by atoms with Crippen LogP contribution in [-0.2, 0) is 22.9 Å². The Morgan fingerprint density at radius 3 is 2.76 bits per heavy atom. The van der Waals surface area contributed by atoms with Gasteiger partial charge in [-0.1, -0.05) is 0 Å². The number of thiophene rings is 1. The smallest absolute Gasteiger partial charge is 0.339 e. The molecular formula is C13H14N2O4S2. The second-order valence-corrected chi connectivity index (χ2v) is 7.66. The van der Waals surface area contributed by atoms with E-state index < -0.39 is 16.0 Å². The molecule has 0 saturated carbocycles. The number of rotatable bonds is 4. The lowest BCUT2D eigenvalue weighted by atomic mass is 9.96. The predicted molar refractivity (Wildman–Crippen MR) is 79.5 cm³/mol. The maximum Gasteiger partial charge on any atom is 0.339 e. The maximum atomic E-state index is 12.2. The van der Waals surface area contributed by atoms with Gasteiger partial charge < -0.3 is 10.1 Å². The van der Waals surface area contributed by atoms with Crippen molar-refractivity contribution in [3.05, 3.63) is 34.5 Å². The number of aromatic carboxylic acids is 1. The Hall–Kier alpha value is -1.80. The summed E-state index contributed by atoms with van der Waals surface area (Å²) in [6, 6.07) is 1.43. The highest BCUT2D eigenvalue weighted by Gasteiger charge is 2.27. The van der Waals surface area contributed by atoms with Gasteiger partial charge in [-0.3, -0.25) is 4.72 Å². The van der Waals surface area contributed by atoms with Crippen LogP contribution in [0.5, 0.6) is 0 Å². The molecule has 1 aliphatic carbocycles. The summed E-state index contributed by atoms with van der Waals surface area (Å²) in [5.74, 6) is -1.08. The number of aromatic nitrogens is 1. The van der Waals surface area contributed by atoms with Crippen LogP contribution in [0.3, 0.4) is 0 Å². The number of aryl methyl sites for hydroxylation is 1. The topological polar surface area (TPSA) is 99.3 Å². The van der Waals surface area contributed by atoms with Gasteiger partial charge in [0.1, 0.15) is 9.90 Å². The van der Waals surface area contributed by atoms with Crippen molar-refractivity contribution >= 4 is 32.3 Å². The summed E-state index contributed by atoms with van der Waals surface area (Å²) in [6.45, 7) is 0. The SMILES string of the molecule is O=C(O)c1c(NS(=O)(=O)c2cc[nH]c2)sc2c1CCCC2. The average molecular weight is 326 g/mol. The van der Waals surface area contributed by atoms with Gasteiger partial charge in [0.25, 0.3) is 10.0 Å². The number of carboxylic acids is 1. The van der Waals surface area contributed by atoms with Gasteiger partial charge >= 0.3 is 5.97 Å². The molecule has 0 spiro atoms. The van der Waals surface area contributed by atoms with Crippen molar-refractivity contribution in [1.82, 2.24) is 4.98 Å². The fourth-order valence-corrected chi connectivity index (χ4v) is 5.08. The standard InChI is InChI=1S/C13H14N2O4S2/c16-13(17)11-9-3-1-2-4-10(9)20-12(11)15-21(18,19)8-5-6-14-7-8/h5-7,14-15H,1-4H2,(H,16,17). The third-order valence-electron chi connectivity index (χ3n) is 3.49. The lowest BCUT2D eigenvalue weighted by Gasteiger charge is -2.10. The number of sulfonamides is 1. The first-order valence-electron chi connectivity index (χ1n) is 6.52. The Bertz CT molecular complexity index is 775. The van der Waals surface area contributed by atoms with Crippen molar-refractivity contribution < 1.29 is 18.3 Å². The molecule has 0 atom stereocenters. The summed E-state index contributed by atoms with van der Waals surface area (Å²) < 4.78 is 26.9. The first-order chi connectivity index (χ1) is 9.99. The molecule has 6 nitrogen and oxygen atoms in total. The summed E-state index contributed by atoms with van der Waals surface area (Å²) in [6.07, 6.45) is 6.32. The highest BCUT2D eigenvalue weighted by molar-refractivity contribution is 7.93. The Balaban J connectivity index is 2.03. The maximum absolute atomic E-state index is 12.2. The van der Waals surface area contributed by atoms with Crippen LogP contribution in [0.4, 0.5) is 5.00 Å². The number of fused-ring (bicyclic) bond motifs is 1. The molecule has 0 bridgehead atoms. The predicted octanol–water partition coefficient (Wildman–Crippen LogP) is 2.45. The summed E-state index contributed by atoms with van der Waals surface area (Å²) >= 11 is 1.23. The minimum absolute atomic E-state index is 0.0882. The second kappa shape index (κ2) is 5.19. The van der Waals surface area contributed by atoms with E-state index in [1.165, 1.54) is 29.8 Å². The highest BCUT2D eigenvalue weighted by Crippen LogP contribution is 2.39. The second-order valence-electron chi connectivity index (χ2n) is 4.87. The van der Waals surface area contributed by atoms with E-state index in [0.29, 0.717) is 6.42 Å². The molecule has 0 aliphatic heterocycles. The van der Waals surface area contributed by atoms with E-state index in [2.05, 4.69) is 9.71 Å². The van der Waals surface area contributed by atoms with Crippen molar-refractivity contribution in [2.45, 2.75) is 30.6 Å². The van der Waals surface area contributed by atoms with Gasteiger partial charge in [-0.15, -0.1) is 11.3 Å². The average Bonchev–Trinajstić information content (AvgIpc) is 3.05. The quantitative estimate of drug-likeness (QED) is 0.803. The van der Waals surface area contributed by atoms with Crippen LogP contribution in [0, 0.1) is 0 Å². The van der Waals surface area contributed by atoms with Crippen molar-refractivity contribution in [1.29, 1.82) is 0 Å². The Labute approximate surface area is 125 Å². The van der Waals surface area contributed by atoms with E-state index in [0.717, 1.165) is 29.7 Å². The van der Waals surface area contributed by atoms with Crippen LogP contribution in [-0.4, -0.2) is 24.5 Å². The van der Waals surface area contributed by atoms with Gasteiger partial charge in [-0.25, -0.2) is 13.2 Å². The van der Waals surface area contributed by atoms with Crippen LogP contribution in [0.1, 0.15) is 33.6 Å². The van der Waals surface area contributed by atoms with E-state index in [1.54, 1.807) is 0 Å². The van der Waals surface area contributed by atoms with E-state index in [9.17, 15) is 18.3 Å². The zero-order chi connectivity index (χ0) is 15.0. The van der Waals surface area contributed by atoms with Gasteiger partial charge in [-0.2, -0.15) is 0 Å². The minimum atomic E-state index is -3.76. The van der Waals surface area contributed by atoms with Crippen molar-refractivity contribution in [3.63, 3.8) is 0 Å². The van der Waals surface area contributed by atoms with Gasteiger partial charge in [0, 0.05) is 17.3 Å². The Morgan fingerprint density at radius 1 is 1.33 bits per heavy atom. The number of hydrogen-bond donors (Lipinski definition) is 3. The molecule has 8 heteroatoms. The summed E-state index contributed by atoms with van der Waals surface area (Å²) in [5, 5.41) is 9.61. The molecular weight excluding hydrogens is 312 g/mol. The van der Waals surface area contributed by atoms with Crippen LogP contribution >= 0.6 is 11.3 Å². The lowest BCUT2D eigenvalue weighted by molar-refractivity contribution is 0.0697. The van der Waals surface area contributed by atoms with Gasteiger partial charge in [-0.05, 0) is 37.3 Å². The molecule has 0 unspecified atom stereocenters. The molecule has 3 N–H and O–H groups in total. The van der Waals surface area contributed by atoms with Gasteiger partial charge in [0.2, 0.25) is 0 Å². The Kier molecular flexibility index (Phi) is 3.50. The van der Waals surface area contributed by atoms with Crippen molar-refractivity contribution in [2.75, 3.05) is 4.72 Å². The molecule has 3 rings (SSSR count). The molecule has 0 radical (unpaired) electrons. The van der Waals surface area contributed by atoms with E-state index in [1.807, 2.05) is 0 Å². The molecule has 2 aromatic heterocycles. The van der Waals surface area contributed by atoms with Crippen LogP contribution in [0.2, 0.25) is 0 Å². The fraction of sp³-hybridized carbons (Fsp3) is 0.308. The number of hydrogen-bond acceptors (Lipinski definition) is 4. The number of aromatic amines is 1. The molecule has 2 heterocycles. The molecule has 0 amide bonds. The van der Waals surface area contributed by atoms with Crippen molar-refractivity contribution in [3.8, 4) is 0 Å². The van der Waals surface area contributed by atoms with E-state index in [4.69, 9.17) is 0 Å². The summed E-state index contributed by atoms with van der Waals surface area (Å²) in [7, 11) is -3.76. The summed E-state index contributed by atoms with van der Waals surface area (Å²) in [5.41, 5.74) is 0.888. The van der Waals surface area contributed by atoms with Crippen LogP contribution in [0.25, 0.3) is 0 Å². The number of nitrogens with one attached hydrogen (secondary N) is 2. The minimum Gasteiger partial charge on any atom is -0.478 e. The molecule has 0 saturated heterocycles. The van der Waals surface area contributed by atoms with E-state index >= 15 is 0 Å². The lowest BCUT2D eigenvalue weighted by Crippen LogP contribution is -2.14. The zero-order valence-electron chi connectivity index (χ0n) is 11.0. The fourth-order valence-electron chi connectivity index (χ4n) is 2.52. The number of carbonyl (C=O) groups is 1. The molecule has 2 aromatic rings. The molecule has 0 fully saturated rings. The third-order valence-corrected chi connectivity index (χ3v) is 6.18.